The van der Waals surface area contributed by atoms with Crippen molar-refractivity contribution in [2.75, 3.05) is 21.3 Å². The molecule has 0 radical (unpaired) electrons. The predicted octanol–water partition coefficient (Wildman–Crippen LogP) is 2.44. The Kier molecular flexibility index (Phi) is 2.86. The summed E-state index contributed by atoms with van der Waals surface area (Å²) >= 11 is 0. The van der Waals surface area contributed by atoms with Gasteiger partial charge in [-0.15, -0.1) is 0 Å². The first-order valence-electron chi connectivity index (χ1n) is 5.41. The standard InChI is InChI=1S/C13H17NO2/c1-14-9-13(6-7-13)10-4-5-11(15-2)12(8-10)16-3/h4-5,8-9H,6-7H2,1-3H3. The first-order valence-corrected chi connectivity index (χ1v) is 5.41. The third kappa shape index (κ3) is 1.77. The van der Waals surface area contributed by atoms with Crippen LogP contribution >= 0.6 is 0 Å². The Morgan fingerprint density at radius 3 is 2.38 bits per heavy atom. The summed E-state index contributed by atoms with van der Waals surface area (Å²) in [6.07, 6.45) is 4.37. The lowest BCUT2D eigenvalue weighted by molar-refractivity contribution is 0.354. The Bertz CT molecular complexity index is 408. The lowest BCUT2D eigenvalue weighted by Crippen LogP contribution is -2.08. The summed E-state index contributed by atoms with van der Waals surface area (Å²) in [6.45, 7) is 0. The number of benzene rings is 1. The molecule has 0 spiro atoms. The minimum Gasteiger partial charge on any atom is -0.493 e. The Hall–Kier alpha value is -1.51. The molecular formula is C13H17NO2. The molecule has 1 aliphatic carbocycles. The van der Waals surface area contributed by atoms with Gasteiger partial charge in [-0.25, -0.2) is 0 Å². The molecule has 1 aromatic rings. The molecule has 86 valence electrons. The second-order valence-corrected chi connectivity index (χ2v) is 4.11. The molecule has 16 heavy (non-hydrogen) atoms. The lowest BCUT2D eigenvalue weighted by atomic mass is 9.97. The number of methoxy groups -OCH3 is 2. The van der Waals surface area contributed by atoms with E-state index >= 15 is 0 Å². The van der Waals surface area contributed by atoms with Crippen molar-refractivity contribution in [3.8, 4) is 11.5 Å². The average molecular weight is 219 g/mol. The predicted molar refractivity (Wildman–Crippen MR) is 64.9 cm³/mol. The summed E-state index contributed by atoms with van der Waals surface area (Å²) in [5.74, 6) is 1.56. The van der Waals surface area contributed by atoms with Crippen LogP contribution in [-0.2, 0) is 5.41 Å². The van der Waals surface area contributed by atoms with E-state index in [0.717, 1.165) is 11.5 Å². The van der Waals surface area contributed by atoms with Crippen LogP contribution in [0.15, 0.2) is 23.2 Å². The zero-order chi connectivity index (χ0) is 11.6. The quantitative estimate of drug-likeness (QED) is 0.728. The molecule has 1 aromatic carbocycles. The molecule has 0 heterocycles. The number of aliphatic imine (C=N–C) groups is 1. The molecule has 0 N–H and O–H groups in total. The molecule has 3 heteroatoms. The van der Waals surface area contributed by atoms with Gasteiger partial charge in [-0.3, -0.25) is 4.99 Å². The number of hydrogen-bond donors (Lipinski definition) is 0. The van der Waals surface area contributed by atoms with Gasteiger partial charge in [0.2, 0.25) is 0 Å². The maximum Gasteiger partial charge on any atom is 0.161 e. The molecule has 0 unspecified atom stereocenters. The molecule has 0 amide bonds. The van der Waals surface area contributed by atoms with Crippen molar-refractivity contribution in [2.24, 2.45) is 4.99 Å². The minimum atomic E-state index is 0.147. The Balaban J connectivity index is 2.36. The molecule has 1 fully saturated rings. The van der Waals surface area contributed by atoms with E-state index in [1.165, 1.54) is 18.4 Å². The maximum atomic E-state index is 5.31. The molecule has 0 atom stereocenters. The summed E-state index contributed by atoms with van der Waals surface area (Å²) in [4.78, 5) is 4.15. The molecule has 0 aliphatic heterocycles. The number of rotatable bonds is 4. The average Bonchev–Trinajstić information content (AvgIpc) is 3.09. The molecular weight excluding hydrogens is 202 g/mol. The topological polar surface area (TPSA) is 30.8 Å². The van der Waals surface area contributed by atoms with Crippen LogP contribution in [0.5, 0.6) is 11.5 Å². The van der Waals surface area contributed by atoms with Crippen molar-refractivity contribution in [3.05, 3.63) is 23.8 Å². The summed E-state index contributed by atoms with van der Waals surface area (Å²) in [6, 6.07) is 6.10. The van der Waals surface area contributed by atoms with Gasteiger partial charge in [0, 0.05) is 18.7 Å². The summed E-state index contributed by atoms with van der Waals surface area (Å²) in [7, 11) is 5.13. The van der Waals surface area contributed by atoms with E-state index < -0.39 is 0 Å². The number of nitrogens with zero attached hydrogens (tertiary/aromatic N) is 1. The molecule has 2 rings (SSSR count). The zero-order valence-corrected chi connectivity index (χ0v) is 9.99. The molecule has 1 saturated carbocycles. The van der Waals surface area contributed by atoms with Gasteiger partial charge in [0.05, 0.1) is 14.2 Å². The van der Waals surface area contributed by atoms with Crippen LogP contribution in [0.25, 0.3) is 0 Å². The normalized spacial score (nSPS) is 17.4. The Morgan fingerprint density at radius 2 is 1.88 bits per heavy atom. The van der Waals surface area contributed by atoms with Gasteiger partial charge < -0.3 is 9.47 Å². The van der Waals surface area contributed by atoms with Gasteiger partial charge in [-0.05, 0) is 30.5 Å². The first-order chi connectivity index (χ1) is 7.75. The van der Waals surface area contributed by atoms with Crippen molar-refractivity contribution in [1.82, 2.24) is 0 Å². The third-order valence-corrected chi connectivity index (χ3v) is 3.12. The SMILES string of the molecule is CN=CC1(c2ccc(OC)c(OC)c2)CC1. The van der Waals surface area contributed by atoms with Crippen LogP contribution in [0.2, 0.25) is 0 Å². The third-order valence-electron chi connectivity index (χ3n) is 3.12. The van der Waals surface area contributed by atoms with Crippen molar-refractivity contribution in [3.63, 3.8) is 0 Å². The van der Waals surface area contributed by atoms with Crippen LogP contribution in [0.1, 0.15) is 18.4 Å². The summed E-state index contributed by atoms with van der Waals surface area (Å²) < 4.78 is 10.5. The zero-order valence-electron chi connectivity index (χ0n) is 9.99. The summed E-state index contributed by atoms with van der Waals surface area (Å²) in [5.41, 5.74) is 1.41. The van der Waals surface area contributed by atoms with Crippen LogP contribution < -0.4 is 9.47 Å². The molecule has 3 nitrogen and oxygen atoms in total. The van der Waals surface area contributed by atoms with Gasteiger partial charge >= 0.3 is 0 Å². The van der Waals surface area contributed by atoms with Gasteiger partial charge in [-0.1, -0.05) is 6.07 Å². The van der Waals surface area contributed by atoms with Crippen LogP contribution in [0.3, 0.4) is 0 Å². The fraction of sp³-hybridized carbons (Fsp3) is 0.462. The van der Waals surface area contributed by atoms with Gasteiger partial charge in [0.15, 0.2) is 11.5 Å². The second kappa shape index (κ2) is 4.16. The van der Waals surface area contributed by atoms with E-state index in [1.807, 2.05) is 25.4 Å². The lowest BCUT2D eigenvalue weighted by Gasteiger charge is -2.13. The van der Waals surface area contributed by atoms with E-state index in [2.05, 4.69) is 11.1 Å². The van der Waals surface area contributed by atoms with Gasteiger partial charge in [0.25, 0.3) is 0 Å². The fourth-order valence-electron chi connectivity index (χ4n) is 2.02. The van der Waals surface area contributed by atoms with E-state index in [0.29, 0.717) is 0 Å². The first kappa shape index (κ1) is 11.0. The van der Waals surface area contributed by atoms with Gasteiger partial charge in [-0.2, -0.15) is 0 Å². The second-order valence-electron chi connectivity index (χ2n) is 4.11. The van der Waals surface area contributed by atoms with E-state index in [-0.39, 0.29) is 5.41 Å². The molecule has 0 saturated heterocycles. The highest BCUT2D eigenvalue weighted by molar-refractivity contribution is 5.78. The fourth-order valence-corrected chi connectivity index (χ4v) is 2.02. The smallest absolute Gasteiger partial charge is 0.161 e. The Labute approximate surface area is 96.1 Å². The van der Waals surface area contributed by atoms with Crippen molar-refractivity contribution < 1.29 is 9.47 Å². The highest BCUT2D eigenvalue weighted by Gasteiger charge is 2.43. The van der Waals surface area contributed by atoms with E-state index in [4.69, 9.17) is 9.47 Å². The monoisotopic (exact) mass is 219 g/mol. The highest BCUT2D eigenvalue weighted by atomic mass is 16.5. The summed E-state index contributed by atoms with van der Waals surface area (Å²) in [5, 5.41) is 0. The van der Waals surface area contributed by atoms with Gasteiger partial charge in [0.1, 0.15) is 0 Å². The number of ether oxygens (including phenoxy) is 2. The van der Waals surface area contributed by atoms with E-state index in [1.54, 1.807) is 14.2 Å². The van der Waals surface area contributed by atoms with Crippen LogP contribution in [0.4, 0.5) is 0 Å². The van der Waals surface area contributed by atoms with Crippen molar-refractivity contribution >= 4 is 6.21 Å². The minimum absolute atomic E-state index is 0.147. The number of hydrogen-bond acceptors (Lipinski definition) is 3. The maximum absolute atomic E-state index is 5.31. The van der Waals surface area contributed by atoms with E-state index in [9.17, 15) is 0 Å². The molecule has 1 aliphatic rings. The largest absolute Gasteiger partial charge is 0.493 e. The highest BCUT2D eigenvalue weighted by Crippen LogP contribution is 2.48. The Morgan fingerprint density at radius 1 is 1.19 bits per heavy atom. The van der Waals surface area contributed by atoms with Crippen molar-refractivity contribution in [2.45, 2.75) is 18.3 Å². The van der Waals surface area contributed by atoms with Crippen molar-refractivity contribution in [1.29, 1.82) is 0 Å². The molecule has 0 aromatic heterocycles. The van der Waals surface area contributed by atoms with Crippen LogP contribution in [0, 0.1) is 0 Å². The molecule has 0 bridgehead atoms. The van der Waals surface area contributed by atoms with Crippen LogP contribution in [-0.4, -0.2) is 27.5 Å².